The Bertz CT molecular complexity index is 307. The quantitative estimate of drug-likeness (QED) is 0.846. The van der Waals surface area contributed by atoms with Crippen LogP contribution in [0.3, 0.4) is 0 Å². The molecule has 0 N–H and O–H groups in total. The van der Waals surface area contributed by atoms with Crippen molar-refractivity contribution in [2.75, 3.05) is 27.2 Å². The minimum absolute atomic E-state index is 0.580. The summed E-state index contributed by atoms with van der Waals surface area (Å²) in [6.45, 7) is 1.47. The number of rotatable bonds is 4. The smallest absolute Gasteiger partial charge is 0.228 e. The third-order valence-corrected chi connectivity index (χ3v) is 2.33. The van der Waals surface area contributed by atoms with Crippen LogP contribution in [0.5, 0.6) is 5.88 Å². The molecule has 0 bridgehead atoms. The monoisotopic (exact) mass is 278 g/mol. The third-order valence-electron chi connectivity index (χ3n) is 1.55. The van der Waals surface area contributed by atoms with Gasteiger partial charge >= 0.3 is 0 Å². The lowest BCUT2D eigenvalue weighted by molar-refractivity contribution is 0.252. The topological polar surface area (TPSA) is 25.4 Å². The van der Waals surface area contributed by atoms with E-state index in [-0.39, 0.29) is 0 Å². The van der Waals surface area contributed by atoms with E-state index in [1.165, 1.54) is 0 Å². The fourth-order valence-electron chi connectivity index (χ4n) is 0.833. The number of hydrogen-bond acceptors (Lipinski definition) is 3. The van der Waals surface area contributed by atoms with Gasteiger partial charge in [-0.2, -0.15) is 0 Å². The Balaban J connectivity index is 2.51. The molecule has 1 aromatic heterocycles. The van der Waals surface area contributed by atoms with Crippen molar-refractivity contribution in [2.24, 2.45) is 0 Å². The fraction of sp³-hybridized carbons (Fsp3) is 0.444. The largest absolute Gasteiger partial charge is 0.476 e. The Morgan fingerprint density at radius 1 is 1.57 bits per heavy atom. The molecule has 0 saturated heterocycles. The zero-order valence-corrected chi connectivity index (χ0v) is 10.5. The van der Waals surface area contributed by atoms with Crippen molar-refractivity contribution in [1.29, 1.82) is 0 Å². The first-order valence-corrected chi connectivity index (χ1v) is 5.35. The molecular weight excluding hydrogens is 267 g/mol. The Morgan fingerprint density at radius 2 is 2.29 bits per heavy atom. The second kappa shape index (κ2) is 5.53. The first-order chi connectivity index (χ1) is 6.59. The number of halogens is 2. The van der Waals surface area contributed by atoms with Crippen LogP contribution in [0.15, 0.2) is 16.7 Å². The van der Waals surface area contributed by atoms with Gasteiger partial charge in [0.15, 0.2) is 0 Å². The molecule has 0 fully saturated rings. The van der Waals surface area contributed by atoms with Crippen molar-refractivity contribution in [3.05, 3.63) is 21.8 Å². The number of aromatic nitrogens is 1. The summed E-state index contributed by atoms with van der Waals surface area (Å²) >= 11 is 9.07. The second-order valence-electron chi connectivity index (χ2n) is 3.09. The van der Waals surface area contributed by atoms with E-state index in [9.17, 15) is 0 Å². The molecule has 0 saturated carbocycles. The molecule has 0 aliphatic heterocycles. The predicted octanol–water partition coefficient (Wildman–Crippen LogP) is 2.44. The number of pyridine rings is 1. The van der Waals surface area contributed by atoms with Crippen LogP contribution in [-0.2, 0) is 0 Å². The highest BCUT2D eigenvalue weighted by Gasteiger charge is 2.03. The van der Waals surface area contributed by atoms with E-state index in [0.29, 0.717) is 17.5 Å². The van der Waals surface area contributed by atoms with E-state index in [0.717, 1.165) is 11.0 Å². The highest BCUT2D eigenvalue weighted by Crippen LogP contribution is 2.24. The minimum Gasteiger partial charge on any atom is -0.476 e. The normalized spacial score (nSPS) is 10.6. The van der Waals surface area contributed by atoms with Gasteiger partial charge in [-0.25, -0.2) is 4.98 Å². The molecule has 1 aromatic rings. The molecule has 1 rings (SSSR count). The molecule has 0 amide bonds. The summed E-state index contributed by atoms with van der Waals surface area (Å²) in [5.41, 5.74) is 0. The molecule has 3 nitrogen and oxygen atoms in total. The molecule has 0 radical (unpaired) electrons. The highest BCUT2D eigenvalue weighted by atomic mass is 79.9. The van der Waals surface area contributed by atoms with Crippen molar-refractivity contribution in [3.8, 4) is 5.88 Å². The fourth-order valence-corrected chi connectivity index (χ4v) is 1.59. The molecule has 0 atom stereocenters. The van der Waals surface area contributed by atoms with E-state index in [1.807, 2.05) is 19.0 Å². The van der Waals surface area contributed by atoms with Crippen LogP contribution in [0.1, 0.15) is 0 Å². The predicted molar refractivity (Wildman–Crippen MR) is 61.0 cm³/mol. The summed E-state index contributed by atoms with van der Waals surface area (Å²) < 4.78 is 6.23. The van der Waals surface area contributed by atoms with E-state index in [2.05, 4.69) is 20.9 Å². The number of hydrogen-bond donors (Lipinski definition) is 0. The van der Waals surface area contributed by atoms with Gasteiger partial charge in [0.25, 0.3) is 0 Å². The van der Waals surface area contributed by atoms with E-state index >= 15 is 0 Å². The Labute approximate surface area is 97.2 Å². The Hall–Kier alpha value is -0.320. The first-order valence-electron chi connectivity index (χ1n) is 4.18. The van der Waals surface area contributed by atoms with Crippen molar-refractivity contribution < 1.29 is 4.74 Å². The molecule has 5 heteroatoms. The zero-order chi connectivity index (χ0) is 10.6. The first kappa shape index (κ1) is 11.8. The summed E-state index contributed by atoms with van der Waals surface area (Å²) in [5.74, 6) is 0.580. The maximum absolute atomic E-state index is 5.75. The average Bonchev–Trinajstić information content (AvgIpc) is 2.08. The molecule has 78 valence electrons. The van der Waals surface area contributed by atoms with Gasteiger partial charge in [-0.1, -0.05) is 11.6 Å². The van der Waals surface area contributed by atoms with E-state index in [4.69, 9.17) is 16.3 Å². The lowest BCUT2D eigenvalue weighted by Gasteiger charge is -2.11. The number of nitrogens with zero attached hydrogens (tertiary/aromatic N) is 2. The average molecular weight is 280 g/mol. The SMILES string of the molecule is CN(C)CCOc1ncc(Cl)cc1Br. The zero-order valence-electron chi connectivity index (χ0n) is 8.13. The summed E-state index contributed by atoms with van der Waals surface area (Å²) in [4.78, 5) is 6.10. The minimum atomic E-state index is 0.580. The lowest BCUT2D eigenvalue weighted by atomic mass is 10.5. The second-order valence-corrected chi connectivity index (χ2v) is 4.38. The van der Waals surface area contributed by atoms with Crippen molar-refractivity contribution in [1.82, 2.24) is 9.88 Å². The molecule has 0 spiro atoms. The molecular formula is C9H12BrClN2O. The van der Waals surface area contributed by atoms with Gasteiger partial charge in [0.2, 0.25) is 5.88 Å². The maximum atomic E-state index is 5.75. The molecule has 1 heterocycles. The van der Waals surface area contributed by atoms with Crippen LogP contribution in [0.25, 0.3) is 0 Å². The summed E-state index contributed by atoms with van der Waals surface area (Å²) in [6.07, 6.45) is 1.57. The third kappa shape index (κ3) is 3.82. The van der Waals surface area contributed by atoms with Crippen LogP contribution in [-0.4, -0.2) is 37.1 Å². The number of likely N-dealkylation sites (N-methyl/N-ethyl adjacent to an activating group) is 1. The highest BCUT2D eigenvalue weighted by molar-refractivity contribution is 9.10. The maximum Gasteiger partial charge on any atom is 0.228 e. The van der Waals surface area contributed by atoms with Crippen molar-refractivity contribution >= 4 is 27.5 Å². The van der Waals surface area contributed by atoms with Gasteiger partial charge in [-0.15, -0.1) is 0 Å². The van der Waals surface area contributed by atoms with Gasteiger partial charge in [-0.3, -0.25) is 0 Å². The van der Waals surface area contributed by atoms with Gasteiger partial charge in [-0.05, 0) is 36.1 Å². The summed E-state index contributed by atoms with van der Waals surface area (Å²) in [5, 5.41) is 0.594. The van der Waals surface area contributed by atoms with Crippen LogP contribution in [0.4, 0.5) is 0 Å². The summed E-state index contributed by atoms with van der Waals surface area (Å²) in [7, 11) is 3.99. The van der Waals surface area contributed by atoms with Crippen LogP contribution in [0.2, 0.25) is 5.02 Å². The van der Waals surface area contributed by atoms with E-state index < -0.39 is 0 Å². The Morgan fingerprint density at radius 3 is 2.86 bits per heavy atom. The van der Waals surface area contributed by atoms with E-state index in [1.54, 1.807) is 12.3 Å². The van der Waals surface area contributed by atoms with Gasteiger partial charge in [0.1, 0.15) is 6.61 Å². The van der Waals surface area contributed by atoms with Gasteiger partial charge < -0.3 is 9.64 Å². The lowest BCUT2D eigenvalue weighted by Crippen LogP contribution is -2.19. The van der Waals surface area contributed by atoms with Crippen molar-refractivity contribution in [3.63, 3.8) is 0 Å². The Kier molecular flexibility index (Phi) is 4.65. The molecule has 14 heavy (non-hydrogen) atoms. The number of ether oxygens (including phenoxy) is 1. The molecule has 0 aliphatic rings. The van der Waals surface area contributed by atoms with Crippen LogP contribution >= 0.6 is 27.5 Å². The van der Waals surface area contributed by atoms with Crippen LogP contribution < -0.4 is 4.74 Å². The van der Waals surface area contributed by atoms with Gasteiger partial charge in [0, 0.05) is 12.7 Å². The van der Waals surface area contributed by atoms with Crippen LogP contribution in [0, 0.1) is 0 Å². The van der Waals surface area contributed by atoms with Crippen molar-refractivity contribution in [2.45, 2.75) is 0 Å². The standard InChI is InChI=1S/C9H12BrClN2O/c1-13(2)3-4-14-9-8(10)5-7(11)6-12-9/h5-6H,3-4H2,1-2H3. The summed E-state index contributed by atoms with van der Waals surface area (Å²) in [6, 6.07) is 1.76. The molecule has 0 aliphatic carbocycles. The molecule has 0 aromatic carbocycles. The van der Waals surface area contributed by atoms with Gasteiger partial charge in [0.05, 0.1) is 9.50 Å². The molecule has 0 unspecified atom stereocenters.